The number of hydrogen-bond acceptors (Lipinski definition) is 2. The van der Waals surface area contributed by atoms with Crippen molar-refractivity contribution >= 4 is 38.9 Å². The van der Waals surface area contributed by atoms with Crippen LogP contribution in [0.4, 0.5) is 17.1 Å². The zero-order valence-corrected chi connectivity index (χ0v) is 10.7. The molecular weight excluding hydrogens is 272 g/mol. The van der Waals surface area contributed by atoms with E-state index in [0.717, 1.165) is 0 Å². The summed E-state index contributed by atoms with van der Waals surface area (Å²) in [6.07, 6.45) is 0. The van der Waals surface area contributed by atoms with Crippen molar-refractivity contribution in [1.29, 1.82) is 0 Å². The average molecular weight is 281 g/mol. The maximum absolute atomic E-state index is 12.1. The van der Waals surface area contributed by atoms with E-state index in [2.05, 4.69) is 4.72 Å². The molecule has 6 heteroatoms. The van der Waals surface area contributed by atoms with Gasteiger partial charge in [-0.1, -0.05) is 23.7 Å². The molecule has 1 N–H and O–H groups in total. The van der Waals surface area contributed by atoms with E-state index in [0.29, 0.717) is 22.1 Å². The van der Waals surface area contributed by atoms with E-state index in [1.54, 1.807) is 48.5 Å². The highest BCUT2D eigenvalue weighted by Crippen LogP contribution is 2.40. The van der Waals surface area contributed by atoms with Gasteiger partial charge < -0.3 is 0 Å². The largest absolute Gasteiger partial charge is 0.328 e. The molecule has 92 valence electrons. The van der Waals surface area contributed by atoms with Crippen LogP contribution >= 0.6 is 11.6 Å². The van der Waals surface area contributed by atoms with Crippen molar-refractivity contribution in [3.05, 3.63) is 53.6 Å². The molecule has 0 saturated carbocycles. The van der Waals surface area contributed by atoms with Gasteiger partial charge in [0.2, 0.25) is 0 Å². The number of nitrogens with zero attached hydrogens (tertiary/aromatic N) is 1. The van der Waals surface area contributed by atoms with Crippen molar-refractivity contribution in [3.8, 4) is 0 Å². The lowest BCUT2D eigenvalue weighted by molar-refractivity contribution is 0.603. The second kappa shape index (κ2) is 3.90. The summed E-state index contributed by atoms with van der Waals surface area (Å²) in [4.78, 5) is 0. The molecule has 0 radical (unpaired) electrons. The first-order chi connectivity index (χ1) is 8.58. The smallest absolute Gasteiger partial charge is 0.264 e. The van der Waals surface area contributed by atoms with E-state index in [1.807, 2.05) is 0 Å². The van der Waals surface area contributed by atoms with Crippen LogP contribution < -0.4 is 9.03 Å². The number of benzene rings is 2. The van der Waals surface area contributed by atoms with Gasteiger partial charge in [0.15, 0.2) is 0 Å². The van der Waals surface area contributed by atoms with E-state index in [1.165, 1.54) is 4.31 Å². The van der Waals surface area contributed by atoms with Gasteiger partial charge in [-0.2, -0.15) is 8.42 Å². The number of hydrogen-bond donors (Lipinski definition) is 1. The Morgan fingerprint density at radius 3 is 2.39 bits per heavy atom. The summed E-state index contributed by atoms with van der Waals surface area (Å²) in [6.45, 7) is 0. The van der Waals surface area contributed by atoms with E-state index in [9.17, 15) is 8.42 Å². The van der Waals surface area contributed by atoms with Crippen LogP contribution in [0.1, 0.15) is 0 Å². The average Bonchev–Trinajstić information content (AvgIpc) is 2.60. The number of rotatable bonds is 1. The molecule has 1 aliphatic heterocycles. The molecule has 0 unspecified atom stereocenters. The summed E-state index contributed by atoms with van der Waals surface area (Å²) < 4.78 is 27.9. The number of halogens is 1. The number of nitrogens with one attached hydrogen (secondary N) is 1. The molecular formula is C12H9ClN2O2S. The summed E-state index contributed by atoms with van der Waals surface area (Å²) in [6, 6.07) is 13.7. The summed E-state index contributed by atoms with van der Waals surface area (Å²) in [7, 11) is -3.57. The van der Waals surface area contributed by atoms with Crippen LogP contribution in [0.3, 0.4) is 0 Å². The normalized spacial score (nSPS) is 16.2. The molecule has 2 aromatic carbocycles. The standard InChI is InChI=1S/C12H9ClN2O2S/c13-9-5-7-10(8-6-9)15-12-4-2-1-3-11(12)14-18(15,16)17/h1-8,14H. The molecule has 0 fully saturated rings. The van der Waals surface area contributed by atoms with Crippen molar-refractivity contribution < 1.29 is 8.42 Å². The highest BCUT2D eigenvalue weighted by molar-refractivity contribution is 7.95. The highest BCUT2D eigenvalue weighted by Gasteiger charge is 2.33. The zero-order valence-electron chi connectivity index (χ0n) is 9.17. The molecule has 1 aliphatic rings. The fraction of sp³-hybridized carbons (Fsp3) is 0. The van der Waals surface area contributed by atoms with Crippen molar-refractivity contribution in [3.63, 3.8) is 0 Å². The van der Waals surface area contributed by atoms with Gasteiger partial charge in [-0.05, 0) is 36.4 Å². The Morgan fingerprint density at radius 2 is 1.67 bits per heavy atom. The lowest BCUT2D eigenvalue weighted by atomic mass is 10.2. The van der Waals surface area contributed by atoms with Crippen molar-refractivity contribution in [2.24, 2.45) is 0 Å². The minimum Gasteiger partial charge on any atom is -0.264 e. The second-order valence-electron chi connectivity index (χ2n) is 3.87. The maximum atomic E-state index is 12.1. The molecule has 0 spiro atoms. The Bertz CT molecular complexity index is 698. The third kappa shape index (κ3) is 1.72. The Balaban J connectivity index is 2.18. The Labute approximate surface area is 110 Å². The van der Waals surface area contributed by atoms with Gasteiger partial charge >= 0.3 is 10.2 Å². The van der Waals surface area contributed by atoms with Gasteiger partial charge in [0, 0.05) is 5.02 Å². The first kappa shape index (κ1) is 11.4. The Hall–Kier alpha value is -1.72. The molecule has 4 nitrogen and oxygen atoms in total. The third-order valence-electron chi connectivity index (χ3n) is 2.66. The van der Waals surface area contributed by atoms with Crippen LogP contribution in [0.15, 0.2) is 48.5 Å². The fourth-order valence-electron chi connectivity index (χ4n) is 1.91. The Kier molecular flexibility index (Phi) is 2.46. The lowest BCUT2D eigenvalue weighted by Crippen LogP contribution is -2.25. The molecule has 3 rings (SSSR count). The fourth-order valence-corrected chi connectivity index (χ4v) is 3.39. The molecule has 0 aliphatic carbocycles. The number of para-hydroxylation sites is 2. The topological polar surface area (TPSA) is 49.4 Å². The van der Waals surface area contributed by atoms with Crippen molar-refractivity contribution in [1.82, 2.24) is 0 Å². The molecule has 2 aromatic rings. The van der Waals surface area contributed by atoms with Crippen molar-refractivity contribution in [2.75, 3.05) is 9.03 Å². The summed E-state index contributed by atoms with van der Waals surface area (Å²) >= 11 is 5.81. The molecule has 18 heavy (non-hydrogen) atoms. The predicted octanol–water partition coefficient (Wildman–Crippen LogP) is 3.15. The minimum atomic E-state index is -3.57. The van der Waals surface area contributed by atoms with Crippen LogP contribution in [0.25, 0.3) is 0 Å². The van der Waals surface area contributed by atoms with E-state index in [4.69, 9.17) is 11.6 Å². The SMILES string of the molecule is O=S1(=O)Nc2ccccc2N1c1ccc(Cl)cc1. The van der Waals surface area contributed by atoms with Crippen LogP contribution in [0.5, 0.6) is 0 Å². The highest BCUT2D eigenvalue weighted by atomic mass is 35.5. The first-order valence-corrected chi connectivity index (χ1v) is 7.07. The van der Waals surface area contributed by atoms with Gasteiger partial charge in [-0.25, -0.2) is 4.31 Å². The Morgan fingerprint density at radius 1 is 1.00 bits per heavy atom. The van der Waals surface area contributed by atoms with Crippen LogP contribution in [-0.4, -0.2) is 8.42 Å². The van der Waals surface area contributed by atoms with Gasteiger partial charge in [-0.3, -0.25) is 4.72 Å². The number of fused-ring (bicyclic) bond motifs is 1. The van der Waals surface area contributed by atoms with Crippen LogP contribution in [-0.2, 0) is 10.2 Å². The van der Waals surface area contributed by atoms with E-state index >= 15 is 0 Å². The van der Waals surface area contributed by atoms with Crippen LogP contribution in [0, 0.1) is 0 Å². The first-order valence-electron chi connectivity index (χ1n) is 5.25. The molecule has 0 saturated heterocycles. The minimum absolute atomic E-state index is 0.553. The van der Waals surface area contributed by atoms with E-state index in [-0.39, 0.29) is 0 Å². The summed E-state index contributed by atoms with van der Waals surface area (Å²) in [5.74, 6) is 0. The van der Waals surface area contributed by atoms with Gasteiger partial charge in [0.05, 0.1) is 17.1 Å². The quantitative estimate of drug-likeness (QED) is 0.872. The van der Waals surface area contributed by atoms with Gasteiger partial charge in [0.25, 0.3) is 0 Å². The molecule has 1 heterocycles. The maximum Gasteiger partial charge on any atom is 0.328 e. The lowest BCUT2D eigenvalue weighted by Gasteiger charge is -2.16. The van der Waals surface area contributed by atoms with E-state index < -0.39 is 10.2 Å². The third-order valence-corrected chi connectivity index (χ3v) is 4.28. The number of anilines is 3. The van der Waals surface area contributed by atoms with Gasteiger partial charge in [0.1, 0.15) is 0 Å². The monoisotopic (exact) mass is 280 g/mol. The summed E-state index contributed by atoms with van der Waals surface area (Å²) in [5.41, 5.74) is 1.74. The van der Waals surface area contributed by atoms with Crippen molar-refractivity contribution in [2.45, 2.75) is 0 Å². The second-order valence-corrected chi connectivity index (χ2v) is 5.82. The molecule has 0 aromatic heterocycles. The molecule has 0 bridgehead atoms. The summed E-state index contributed by atoms with van der Waals surface area (Å²) in [5, 5.41) is 0.566. The van der Waals surface area contributed by atoms with Gasteiger partial charge in [-0.15, -0.1) is 0 Å². The molecule has 0 atom stereocenters. The van der Waals surface area contributed by atoms with Crippen LogP contribution in [0.2, 0.25) is 5.02 Å². The molecule has 0 amide bonds. The predicted molar refractivity (Wildman–Crippen MR) is 72.6 cm³/mol. The zero-order chi connectivity index (χ0) is 12.8.